The van der Waals surface area contributed by atoms with Crippen LogP contribution in [0.4, 0.5) is 0 Å². The van der Waals surface area contributed by atoms with Gasteiger partial charge in [0.25, 0.3) is 0 Å². The summed E-state index contributed by atoms with van der Waals surface area (Å²) in [5.41, 5.74) is 16.9. The van der Waals surface area contributed by atoms with Crippen LogP contribution in [0.1, 0.15) is 37.5 Å². The van der Waals surface area contributed by atoms with Gasteiger partial charge < -0.3 is 0 Å². The first-order valence-electron chi connectivity index (χ1n) is 17.2. The van der Waals surface area contributed by atoms with Crippen LogP contribution in [0.3, 0.4) is 0 Å². The first kappa shape index (κ1) is 31.2. The second kappa shape index (κ2) is 12.7. The lowest BCUT2D eigenvalue weighted by Crippen LogP contribution is -2.15. The molecule has 0 aliphatic heterocycles. The van der Waals surface area contributed by atoms with E-state index in [0.717, 1.165) is 50.3 Å². The van der Waals surface area contributed by atoms with Crippen molar-refractivity contribution >= 4 is 11.1 Å². The van der Waals surface area contributed by atoms with E-state index in [0.29, 0.717) is 5.82 Å². The van der Waals surface area contributed by atoms with Crippen LogP contribution < -0.4 is 0 Å². The third-order valence-corrected chi connectivity index (χ3v) is 10.2. The Morgan fingerprint density at radius 2 is 1.00 bits per heavy atom. The molecule has 6 aromatic carbocycles. The minimum Gasteiger partial charge on any atom is -0.228 e. The molecule has 0 saturated heterocycles. The number of aromatic nitrogens is 2. The third-order valence-electron chi connectivity index (χ3n) is 10.2. The molecule has 0 amide bonds. The van der Waals surface area contributed by atoms with E-state index in [4.69, 9.17) is 9.97 Å². The highest BCUT2D eigenvalue weighted by atomic mass is 14.9. The second-order valence-electron chi connectivity index (χ2n) is 13.6. The van der Waals surface area contributed by atoms with Crippen LogP contribution in [0.25, 0.3) is 67.3 Å². The Bertz CT molecular complexity index is 2400. The van der Waals surface area contributed by atoms with Crippen molar-refractivity contribution in [2.75, 3.05) is 0 Å². The summed E-state index contributed by atoms with van der Waals surface area (Å²) in [7, 11) is 0. The first-order chi connectivity index (χ1) is 24.4. The number of rotatable bonds is 7. The van der Waals surface area contributed by atoms with E-state index >= 15 is 0 Å². The molecule has 1 aromatic heterocycles. The van der Waals surface area contributed by atoms with Gasteiger partial charge in [0.05, 0.1) is 11.4 Å². The average Bonchev–Trinajstić information content (AvgIpc) is 3.39. The van der Waals surface area contributed by atoms with Crippen LogP contribution in [0.5, 0.6) is 0 Å². The van der Waals surface area contributed by atoms with E-state index < -0.39 is 0 Å². The zero-order chi connectivity index (χ0) is 34.2. The van der Waals surface area contributed by atoms with Gasteiger partial charge in [0.15, 0.2) is 5.82 Å². The highest BCUT2D eigenvalue weighted by Crippen LogP contribution is 2.50. The smallest absolute Gasteiger partial charge is 0.160 e. The third kappa shape index (κ3) is 5.69. The Kier molecular flexibility index (Phi) is 7.93. The lowest BCUT2D eigenvalue weighted by atomic mass is 9.82. The molecular weight excluding hydrogens is 605 g/mol. The number of fused-ring (bicyclic) bond motifs is 1. The zero-order valence-corrected chi connectivity index (χ0v) is 28.7. The maximum absolute atomic E-state index is 5.11. The van der Waals surface area contributed by atoms with Crippen LogP contribution in [-0.2, 0) is 5.41 Å². The van der Waals surface area contributed by atoms with Crippen molar-refractivity contribution in [2.24, 2.45) is 0 Å². The molecule has 0 N–H and O–H groups in total. The van der Waals surface area contributed by atoms with Crippen LogP contribution in [0.2, 0.25) is 0 Å². The van der Waals surface area contributed by atoms with E-state index in [1.807, 2.05) is 24.3 Å². The second-order valence-corrected chi connectivity index (χ2v) is 13.6. The predicted octanol–water partition coefficient (Wildman–Crippen LogP) is 12.6. The molecule has 1 aliphatic rings. The predicted molar refractivity (Wildman–Crippen MR) is 210 cm³/mol. The number of benzene rings is 6. The lowest BCUT2D eigenvalue weighted by molar-refractivity contribution is 0.639. The molecule has 1 aliphatic carbocycles. The molecule has 0 unspecified atom stereocenters. The quantitative estimate of drug-likeness (QED) is 0.173. The fourth-order valence-electron chi connectivity index (χ4n) is 7.16. The monoisotopic (exact) mass is 642 g/mol. The van der Waals surface area contributed by atoms with Crippen molar-refractivity contribution in [3.05, 3.63) is 193 Å². The van der Waals surface area contributed by atoms with Crippen molar-refractivity contribution < 1.29 is 0 Å². The molecule has 2 heteroatoms. The summed E-state index contributed by atoms with van der Waals surface area (Å²) in [6.07, 6.45) is 0. The van der Waals surface area contributed by atoms with E-state index in [1.54, 1.807) is 0 Å². The standard InChI is InChI=1S/C48H38N2/c1-32(46-33(2)48(3,4)43-24-12-11-23-42(43)46)38-19-13-20-39(29-38)40-21-14-22-41(30-40)45-31-44(49-47(50-45)37-17-9-6-10-18-37)36-27-25-35(26-28-36)34-15-7-5-8-16-34/h5-31H,1H2,2-4H3. The van der Waals surface area contributed by atoms with Crippen LogP contribution in [-0.4, -0.2) is 9.97 Å². The summed E-state index contributed by atoms with van der Waals surface area (Å²) in [5, 5.41) is 0. The number of hydrogen-bond acceptors (Lipinski definition) is 2. The molecular formula is C48H38N2. The summed E-state index contributed by atoms with van der Waals surface area (Å²) >= 11 is 0. The van der Waals surface area contributed by atoms with Crippen molar-refractivity contribution in [3.63, 3.8) is 0 Å². The van der Waals surface area contributed by atoms with Crippen molar-refractivity contribution in [1.29, 1.82) is 0 Å². The Morgan fingerprint density at radius 3 is 1.72 bits per heavy atom. The van der Waals surface area contributed by atoms with Crippen LogP contribution in [0.15, 0.2) is 176 Å². The Hall–Kier alpha value is -6.12. The lowest BCUT2D eigenvalue weighted by Gasteiger charge is -2.22. The SMILES string of the molecule is C=C(C1=C(C)C(C)(C)c2ccccc21)c1cccc(-c2cccc(-c3cc(-c4ccc(-c5ccccc5)cc4)nc(-c4ccccc4)n3)c2)c1. The molecule has 0 spiro atoms. The van der Waals surface area contributed by atoms with Gasteiger partial charge in [-0.05, 0) is 75.2 Å². The molecule has 8 rings (SSSR count). The Balaban J connectivity index is 1.17. The molecule has 0 saturated carbocycles. The summed E-state index contributed by atoms with van der Waals surface area (Å²) in [4.78, 5) is 10.2. The highest BCUT2D eigenvalue weighted by Gasteiger charge is 2.35. The molecule has 0 bridgehead atoms. The maximum atomic E-state index is 5.11. The number of allylic oxidation sites excluding steroid dienone is 3. The van der Waals surface area contributed by atoms with Gasteiger partial charge in [-0.3, -0.25) is 0 Å². The summed E-state index contributed by atoms with van der Waals surface area (Å²) in [5.74, 6) is 0.706. The van der Waals surface area contributed by atoms with Gasteiger partial charge >= 0.3 is 0 Å². The van der Waals surface area contributed by atoms with Gasteiger partial charge in [0.1, 0.15) is 0 Å². The van der Waals surface area contributed by atoms with Gasteiger partial charge in [-0.1, -0.05) is 172 Å². The normalized spacial score (nSPS) is 13.3. The average molecular weight is 643 g/mol. The van der Waals surface area contributed by atoms with Gasteiger partial charge in [-0.25, -0.2) is 9.97 Å². The zero-order valence-electron chi connectivity index (χ0n) is 28.7. The van der Waals surface area contributed by atoms with E-state index in [-0.39, 0.29) is 5.41 Å². The molecule has 0 radical (unpaired) electrons. The maximum Gasteiger partial charge on any atom is 0.160 e. The van der Waals surface area contributed by atoms with Crippen LogP contribution >= 0.6 is 0 Å². The van der Waals surface area contributed by atoms with E-state index in [9.17, 15) is 0 Å². The van der Waals surface area contributed by atoms with Crippen molar-refractivity contribution in [2.45, 2.75) is 26.2 Å². The Morgan fingerprint density at radius 1 is 0.480 bits per heavy atom. The number of hydrogen-bond donors (Lipinski definition) is 0. The van der Waals surface area contributed by atoms with Gasteiger partial charge in [-0.15, -0.1) is 0 Å². The van der Waals surface area contributed by atoms with E-state index in [1.165, 1.54) is 33.4 Å². The topological polar surface area (TPSA) is 25.8 Å². The van der Waals surface area contributed by atoms with Crippen molar-refractivity contribution in [3.8, 4) is 56.2 Å². The van der Waals surface area contributed by atoms with Gasteiger partial charge in [-0.2, -0.15) is 0 Å². The molecule has 1 heterocycles. The minimum atomic E-state index is -0.0280. The van der Waals surface area contributed by atoms with E-state index in [2.05, 4.69) is 167 Å². The molecule has 50 heavy (non-hydrogen) atoms. The summed E-state index contributed by atoms with van der Waals surface area (Å²) < 4.78 is 0. The molecule has 2 nitrogen and oxygen atoms in total. The van der Waals surface area contributed by atoms with Crippen molar-refractivity contribution in [1.82, 2.24) is 9.97 Å². The summed E-state index contributed by atoms with van der Waals surface area (Å²) in [6.45, 7) is 11.5. The first-order valence-corrected chi connectivity index (χ1v) is 17.2. The fraction of sp³-hybridized carbons (Fsp3) is 0.0833. The summed E-state index contributed by atoms with van der Waals surface area (Å²) in [6, 6.07) is 57.6. The van der Waals surface area contributed by atoms with Crippen LogP contribution in [0, 0.1) is 0 Å². The van der Waals surface area contributed by atoms with Gasteiger partial charge in [0.2, 0.25) is 0 Å². The molecule has 0 fully saturated rings. The minimum absolute atomic E-state index is 0.0280. The molecule has 7 aromatic rings. The number of nitrogens with zero attached hydrogens (tertiary/aromatic N) is 2. The fourth-order valence-corrected chi connectivity index (χ4v) is 7.16. The highest BCUT2D eigenvalue weighted by molar-refractivity contribution is 6.09. The molecule has 240 valence electrons. The Labute approximate surface area is 295 Å². The largest absolute Gasteiger partial charge is 0.228 e. The molecule has 0 atom stereocenters. The van der Waals surface area contributed by atoms with Gasteiger partial charge in [0, 0.05) is 22.1 Å².